The predicted octanol–water partition coefficient (Wildman–Crippen LogP) is 1.94. The summed E-state index contributed by atoms with van der Waals surface area (Å²) in [6, 6.07) is 5.66. The normalized spacial score (nSPS) is 15.3. The number of carbonyl (C=O) groups excluding carboxylic acids is 3. The minimum atomic E-state index is -1.12. The molecule has 0 fully saturated rings. The molecule has 0 aliphatic carbocycles. The SMILES string of the molecule is CCC(C)C(NC(=O)C(CCSC)NC(=O)C(CC(C)C)NC(=O)C(N)Cc1ccccc1)C(=O)O. The minimum absolute atomic E-state index is 0.0895. The lowest BCUT2D eigenvalue weighted by Gasteiger charge is -2.27. The summed E-state index contributed by atoms with van der Waals surface area (Å²) >= 11 is 1.51. The zero-order valence-electron chi connectivity index (χ0n) is 22.0. The van der Waals surface area contributed by atoms with Crippen molar-refractivity contribution in [2.24, 2.45) is 17.6 Å². The van der Waals surface area contributed by atoms with Gasteiger partial charge in [-0.3, -0.25) is 14.4 Å². The number of nitrogens with one attached hydrogen (secondary N) is 3. The maximum Gasteiger partial charge on any atom is 0.326 e. The number of benzene rings is 1. The molecule has 1 aromatic carbocycles. The summed E-state index contributed by atoms with van der Waals surface area (Å²) in [6.07, 6.45) is 3.46. The van der Waals surface area contributed by atoms with Crippen molar-refractivity contribution in [1.29, 1.82) is 0 Å². The van der Waals surface area contributed by atoms with E-state index in [0.29, 0.717) is 31.4 Å². The fraction of sp³-hybridized carbons (Fsp3) is 0.615. The standard InChI is InChI=1S/C26H42N4O5S/c1-6-17(4)22(26(34)35)30-24(32)20(12-13-36-5)28-25(33)21(14-16(2)3)29-23(31)19(27)15-18-10-8-7-9-11-18/h7-11,16-17,19-22H,6,12-15,27H2,1-5H3,(H,28,33)(H,29,31)(H,30,32)(H,34,35). The Hall–Kier alpha value is -2.59. The molecule has 3 amide bonds. The zero-order chi connectivity index (χ0) is 27.3. The molecule has 0 aliphatic heterocycles. The van der Waals surface area contributed by atoms with E-state index in [1.54, 1.807) is 6.92 Å². The van der Waals surface area contributed by atoms with Gasteiger partial charge in [0.05, 0.1) is 6.04 Å². The van der Waals surface area contributed by atoms with E-state index in [0.717, 1.165) is 5.56 Å². The molecular weight excluding hydrogens is 480 g/mol. The molecule has 0 aromatic heterocycles. The average Bonchev–Trinajstić information content (AvgIpc) is 2.83. The molecule has 6 N–H and O–H groups in total. The molecule has 9 nitrogen and oxygen atoms in total. The number of nitrogens with two attached hydrogens (primary N) is 1. The van der Waals surface area contributed by atoms with Crippen LogP contribution in [0.3, 0.4) is 0 Å². The summed E-state index contributed by atoms with van der Waals surface area (Å²) < 4.78 is 0. The van der Waals surface area contributed by atoms with Gasteiger partial charge in [-0.2, -0.15) is 11.8 Å². The van der Waals surface area contributed by atoms with Crippen molar-refractivity contribution >= 4 is 35.5 Å². The minimum Gasteiger partial charge on any atom is -0.480 e. The van der Waals surface area contributed by atoms with Crippen molar-refractivity contribution in [3.63, 3.8) is 0 Å². The van der Waals surface area contributed by atoms with Gasteiger partial charge in [0.25, 0.3) is 0 Å². The summed E-state index contributed by atoms with van der Waals surface area (Å²) in [6.45, 7) is 7.46. The molecule has 0 saturated heterocycles. The van der Waals surface area contributed by atoms with Gasteiger partial charge in [-0.05, 0) is 48.7 Å². The molecule has 0 radical (unpaired) electrons. The monoisotopic (exact) mass is 522 g/mol. The Balaban J connectivity index is 2.96. The highest BCUT2D eigenvalue weighted by Gasteiger charge is 2.32. The third-order valence-electron chi connectivity index (χ3n) is 6.00. The van der Waals surface area contributed by atoms with Gasteiger partial charge in [0.2, 0.25) is 17.7 Å². The molecule has 5 unspecified atom stereocenters. The van der Waals surface area contributed by atoms with Gasteiger partial charge in [0.15, 0.2) is 0 Å². The van der Waals surface area contributed by atoms with Crippen LogP contribution in [0.25, 0.3) is 0 Å². The summed E-state index contributed by atoms with van der Waals surface area (Å²) in [4.78, 5) is 50.7. The van der Waals surface area contributed by atoms with Gasteiger partial charge in [-0.15, -0.1) is 0 Å². The second-order valence-corrected chi connectivity index (χ2v) is 10.5. The van der Waals surface area contributed by atoms with E-state index in [1.165, 1.54) is 11.8 Å². The number of hydrogen-bond acceptors (Lipinski definition) is 6. The van der Waals surface area contributed by atoms with E-state index < -0.39 is 47.9 Å². The van der Waals surface area contributed by atoms with Crippen LogP contribution >= 0.6 is 11.8 Å². The van der Waals surface area contributed by atoms with Crippen LogP contribution in [-0.2, 0) is 25.6 Å². The number of rotatable bonds is 16. The maximum absolute atomic E-state index is 13.2. The first-order chi connectivity index (χ1) is 17.0. The highest BCUT2D eigenvalue weighted by molar-refractivity contribution is 7.98. The first-order valence-corrected chi connectivity index (χ1v) is 13.8. The van der Waals surface area contributed by atoms with E-state index in [-0.39, 0.29) is 11.8 Å². The van der Waals surface area contributed by atoms with E-state index in [9.17, 15) is 24.3 Å². The first kappa shape index (κ1) is 31.4. The molecule has 0 spiro atoms. The van der Waals surface area contributed by atoms with Crippen molar-refractivity contribution in [3.8, 4) is 0 Å². The fourth-order valence-electron chi connectivity index (χ4n) is 3.66. The van der Waals surface area contributed by atoms with Crippen LogP contribution in [0.1, 0.15) is 52.5 Å². The Kier molecular flexibility index (Phi) is 14.2. The molecule has 0 aliphatic rings. The van der Waals surface area contributed by atoms with E-state index in [4.69, 9.17) is 5.73 Å². The lowest BCUT2D eigenvalue weighted by Crippen LogP contribution is -2.58. The van der Waals surface area contributed by atoms with Gasteiger partial charge < -0.3 is 26.8 Å². The molecule has 1 aromatic rings. The molecule has 1 rings (SSSR count). The van der Waals surface area contributed by atoms with Gasteiger partial charge in [0.1, 0.15) is 18.1 Å². The van der Waals surface area contributed by atoms with Gasteiger partial charge in [-0.1, -0.05) is 64.4 Å². The Morgan fingerprint density at radius 2 is 1.53 bits per heavy atom. The van der Waals surface area contributed by atoms with Gasteiger partial charge in [0, 0.05) is 0 Å². The van der Waals surface area contributed by atoms with Gasteiger partial charge >= 0.3 is 5.97 Å². The number of carbonyl (C=O) groups is 4. The summed E-state index contributed by atoms with van der Waals surface area (Å²) in [5.41, 5.74) is 7.01. The van der Waals surface area contributed by atoms with Crippen LogP contribution in [0.2, 0.25) is 0 Å². The van der Waals surface area contributed by atoms with Crippen molar-refractivity contribution in [3.05, 3.63) is 35.9 Å². The van der Waals surface area contributed by atoms with Crippen molar-refractivity contribution in [2.45, 2.75) is 77.5 Å². The smallest absolute Gasteiger partial charge is 0.326 e. The topological polar surface area (TPSA) is 151 Å². The molecular formula is C26H42N4O5S. The molecule has 10 heteroatoms. The van der Waals surface area contributed by atoms with Crippen LogP contribution < -0.4 is 21.7 Å². The van der Waals surface area contributed by atoms with E-state index in [1.807, 2.05) is 57.4 Å². The van der Waals surface area contributed by atoms with Gasteiger partial charge in [-0.25, -0.2) is 4.79 Å². The number of carboxylic acids is 1. The zero-order valence-corrected chi connectivity index (χ0v) is 22.8. The second-order valence-electron chi connectivity index (χ2n) is 9.54. The van der Waals surface area contributed by atoms with Crippen LogP contribution in [-0.4, -0.2) is 65.0 Å². The molecule has 0 saturated carbocycles. The Bertz CT molecular complexity index is 852. The largest absolute Gasteiger partial charge is 0.480 e. The number of aliphatic carboxylic acids is 1. The van der Waals surface area contributed by atoms with E-state index in [2.05, 4.69) is 16.0 Å². The lowest BCUT2D eigenvalue weighted by atomic mass is 9.98. The Morgan fingerprint density at radius 1 is 0.944 bits per heavy atom. The van der Waals surface area contributed by atoms with Crippen LogP contribution in [0.15, 0.2) is 30.3 Å². The summed E-state index contributed by atoms with van der Waals surface area (Å²) in [7, 11) is 0. The van der Waals surface area contributed by atoms with Crippen molar-refractivity contribution < 1.29 is 24.3 Å². The Morgan fingerprint density at radius 3 is 2.06 bits per heavy atom. The first-order valence-electron chi connectivity index (χ1n) is 12.4. The second kappa shape index (κ2) is 16.2. The van der Waals surface area contributed by atoms with E-state index >= 15 is 0 Å². The molecule has 36 heavy (non-hydrogen) atoms. The third kappa shape index (κ3) is 11.0. The van der Waals surface area contributed by atoms with Crippen molar-refractivity contribution in [1.82, 2.24) is 16.0 Å². The summed E-state index contributed by atoms with van der Waals surface area (Å²) in [5.74, 6) is -2.23. The molecule has 0 bridgehead atoms. The molecule has 0 heterocycles. The van der Waals surface area contributed by atoms with Crippen LogP contribution in [0.5, 0.6) is 0 Å². The maximum atomic E-state index is 13.2. The van der Waals surface area contributed by atoms with Crippen molar-refractivity contribution in [2.75, 3.05) is 12.0 Å². The highest BCUT2D eigenvalue weighted by atomic mass is 32.2. The number of thioether (sulfide) groups is 1. The average molecular weight is 523 g/mol. The van der Waals surface area contributed by atoms with Crippen LogP contribution in [0, 0.1) is 11.8 Å². The summed E-state index contributed by atoms with van der Waals surface area (Å²) in [5, 5.41) is 17.6. The highest BCUT2D eigenvalue weighted by Crippen LogP contribution is 2.11. The lowest BCUT2D eigenvalue weighted by molar-refractivity contribution is -0.143. The number of amides is 3. The third-order valence-corrected chi connectivity index (χ3v) is 6.64. The number of hydrogen-bond donors (Lipinski definition) is 5. The fourth-order valence-corrected chi connectivity index (χ4v) is 4.13. The van der Waals surface area contributed by atoms with Crippen LogP contribution in [0.4, 0.5) is 0 Å². The Labute approximate surface area is 218 Å². The molecule has 5 atom stereocenters. The number of carboxylic acid groups (broad SMARTS) is 1. The molecule has 202 valence electrons. The predicted molar refractivity (Wildman–Crippen MR) is 143 cm³/mol. The quantitative estimate of drug-likeness (QED) is 0.223.